The van der Waals surface area contributed by atoms with Crippen molar-refractivity contribution in [3.05, 3.63) is 71.4 Å². The van der Waals surface area contributed by atoms with Gasteiger partial charge in [-0.2, -0.15) is 0 Å². The highest BCUT2D eigenvalue weighted by molar-refractivity contribution is 7.99. The lowest BCUT2D eigenvalue weighted by molar-refractivity contribution is 0.299. The maximum Gasteiger partial charge on any atom is 0.191 e. The summed E-state index contributed by atoms with van der Waals surface area (Å²) in [4.78, 5) is 7.36. The van der Waals surface area contributed by atoms with Crippen LogP contribution in [0.1, 0.15) is 50.4 Å². The summed E-state index contributed by atoms with van der Waals surface area (Å²) in [6.07, 6.45) is 2.52. The zero-order chi connectivity index (χ0) is 25.8. The summed E-state index contributed by atoms with van der Waals surface area (Å²) in [5, 5.41) is 11.2. The van der Waals surface area contributed by atoms with E-state index in [0.29, 0.717) is 5.41 Å². The van der Waals surface area contributed by atoms with Crippen LogP contribution < -0.4 is 0 Å². The SMILES string of the molecule is Cc1ccc2c(-c3nnc(SCCCN4C[C@H]5C[C@@]5(c5ccc(C(C)(C)C)cc5)C4)n3C)cccc2n1. The Kier molecular flexibility index (Phi) is 6.15. The number of pyridine rings is 1. The molecule has 0 N–H and O–H groups in total. The van der Waals surface area contributed by atoms with Crippen LogP contribution in [0.15, 0.2) is 59.8 Å². The van der Waals surface area contributed by atoms with Gasteiger partial charge >= 0.3 is 0 Å². The minimum atomic E-state index is 0.216. The van der Waals surface area contributed by atoms with Gasteiger partial charge in [0.1, 0.15) is 0 Å². The Hall–Kier alpha value is -2.70. The molecule has 1 aliphatic heterocycles. The quantitative estimate of drug-likeness (QED) is 0.212. The van der Waals surface area contributed by atoms with Gasteiger partial charge in [-0.15, -0.1) is 10.2 Å². The van der Waals surface area contributed by atoms with E-state index in [-0.39, 0.29) is 5.41 Å². The third-order valence-corrected chi connectivity index (χ3v) is 9.45. The lowest BCUT2D eigenvalue weighted by atomic mass is 9.85. The molecule has 4 aromatic rings. The number of rotatable bonds is 7. The molecule has 0 radical (unpaired) electrons. The second kappa shape index (κ2) is 9.25. The monoisotopic (exact) mass is 511 g/mol. The third-order valence-electron chi connectivity index (χ3n) is 8.34. The first-order valence-electron chi connectivity index (χ1n) is 13.5. The molecule has 0 amide bonds. The molecule has 0 spiro atoms. The Bertz CT molecular complexity index is 1430. The van der Waals surface area contributed by atoms with Crippen molar-refractivity contribution in [1.29, 1.82) is 0 Å². The van der Waals surface area contributed by atoms with Crippen molar-refractivity contribution in [2.45, 2.75) is 56.5 Å². The average Bonchev–Trinajstić information content (AvgIpc) is 3.25. The van der Waals surface area contributed by atoms with Gasteiger partial charge in [-0.1, -0.05) is 75.0 Å². The molecule has 192 valence electrons. The highest BCUT2D eigenvalue weighted by atomic mass is 32.2. The predicted molar refractivity (Wildman–Crippen MR) is 153 cm³/mol. The predicted octanol–water partition coefficient (Wildman–Crippen LogP) is 6.39. The summed E-state index contributed by atoms with van der Waals surface area (Å²) >= 11 is 1.81. The van der Waals surface area contributed by atoms with E-state index in [1.54, 1.807) is 5.56 Å². The van der Waals surface area contributed by atoms with Crippen molar-refractivity contribution < 1.29 is 0 Å². The molecule has 5 nitrogen and oxygen atoms in total. The Morgan fingerprint density at radius 2 is 1.84 bits per heavy atom. The smallest absolute Gasteiger partial charge is 0.191 e. The highest BCUT2D eigenvalue weighted by Crippen LogP contribution is 2.59. The van der Waals surface area contributed by atoms with Crippen molar-refractivity contribution in [3.63, 3.8) is 0 Å². The number of piperidine rings is 1. The molecule has 0 unspecified atom stereocenters. The zero-order valence-electron chi connectivity index (χ0n) is 22.7. The fourth-order valence-electron chi connectivity index (χ4n) is 6.08. The minimum absolute atomic E-state index is 0.216. The van der Waals surface area contributed by atoms with Crippen molar-refractivity contribution in [1.82, 2.24) is 24.6 Å². The summed E-state index contributed by atoms with van der Waals surface area (Å²) in [5.41, 5.74) is 6.72. The molecule has 2 aliphatic rings. The normalized spacial score (nSPS) is 21.5. The van der Waals surface area contributed by atoms with Crippen LogP contribution in [0.3, 0.4) is 0 Å². The molecule has 6 heteroatoms. The van der Waals surface area contributed by atoms with E-state index < -0.39 is 0 Å². The number of aromatic nitrogens is 4. The molecule has 6 rings (SSSR count). The summed E-state index contributed by atoms with van der Waals surface area (Å²) in [6.45, 7) is 12.5. The van der Waals surface area contributed by atoms with Gasteiger partial charge in [-0.3, -0.25) is 4.98 Å². The third kappa shape index (κ3) is 4.59. The number of nitrogens with zero attached hydrogens (tertiary/aromatic N) is 5. The van der Waals surface area contributed by atoms with Crippen LogP contribution in [0, 0.1) is 12.8 Å². The van der Waals surface area contributed by atoms with Gasteiger partial charge in [0, 0.05) is 47.9 Å². The van der Waals surface area contributed by atoms with E-state index in [1.165, 1.54) is 25.1 Å². The van der Waals surface area contributed by atoms with E-state index in [1.807, 2.05) is 18.7 Å². The fourth-order valence-corrected chi connectivity index (χ4v) is 6.92. The van der Waals surface area contributed by atoms with Crippen LogP contribution in [0.2, 0.25) is 0 Å². The summed E-state index contributed by atoms with van der Waals surface area (Å²) in [6, 6.07) is 19.9. The Morgan fingerprint density at radius 1 is 1.03 bits per heavy atom. The van der Waals surface area contributed by atoms with E-state index >= 15 is 0 Å². The van der Waals surface area contributed by atoms with E-state index in [4.69, 9.17) is 0 Å². The molecule has 3 heterocycles. The van der Waals surface area contributed by atoms with Gasteiger partial charge in [0.05, 0.1) is 5.52 Å². The number of aryl methyl sites for hydroxylation is 1. The molecular weight excluding hydrogens is 474 g/mol. The Morgan fingerprint density at radius 3 is 2.62 bits per heavy atom. The molecule has 37 heavy (non-hydrogen) atoms. The number of benzene rings is 2. The molecule has 1 aliphatic carbocycles. The first-order valence-corrected chi connectivity index (χ1v) is 14.5. The van der Waals surface area contributed by atoms with Crippen LogP contribution >= 0.6 is 11.8 Å². The van der Waals surface area contributed by atoms with Crippen molar-refractivity contribution >= 4 is 22.7 Å². The fraction of sp³-hybridized carbons (Fsp3) is 0.452. The number of hydrogen-bond donors (Lipinski definition) is 0. The summed E-state index contributed by atoms with van der Waals surface area (Å²) < 4.78 is 2.13. The van der Waals surface area contributed by atoms with Crippen molar-refractivity contribution in [3.8, 4) is 11.4 Å². The minimum Gasteiger partial charge on any atom is -0.305 e. The number of hydrogen-bond acceptors (Lipinski definition) is 5. The van der Waals surface area contributed by atoms with Gasteiger partial charge in [0.2, 0.25) is 0 Å². The first kappa shape index (κ1) is 24.6. The standard InChI is InChI=1S/C31H37N5S/c1-21-10-15-25-26(8-6-9-27(25)32-21)28-33-34-29(35(28)5)37-17-7-16-36-19-24-18-31(24,20-36)23-13-11-22(12-14-23)30(2,3)4/h6,8-15,24H,7,16-20H2,1-5H3/t24-,31+/m1/s1. The lowest BCUT2D eigenvalue weighted by Crippen LogP contribution is -2.28. The molecule has 1 saturated heterocycles. The Labute approximate surface area is 224 Å². The van der Waals surface area contributed by atoms with Crippen LogP contribution in [-0.2, 0) is 17.9 Å². The maximum absolute atomic E-state index is 4.68. The molecule has 2 atom stereocenters. The van der Waals surface area contributed by atoms with Gasteiger partial charge in [0.15, 0.2) is 11.0 Å². The first-order chi connectivity index (χ1) is 17.7. The summed E-state index contributed by atoms with van der Waals surface area (Å²) in [7, 11) is 2.07. The van der Waals surface area contributed by atoms with E-state index in [0.717, 1.165) is 57.8 Å². The van der Waals surface area contributed by atoms with Gasteiger partial charge in [-0.25, -0.2) is 0 Å². The van der Waals surface area contributed by atoms with Gasteiger partial charge in [0.25, 0.3) is 0 Å². The molecule has 2 aromatic heterocycles. The molecule has 0 bridgehead atoms. The summed E-state index contributed by atoms with van der Waals surface area (Å²) in [5.74, 6) is 2.79. The molecule has 1 saturated carbocycles. The van der Waals surface area contributed by atoms with Crippen molar-refractivity contribution in [2.75, 3.05) is 25.4 Å². The molecule has 2 aromatic carbocycles. The van der Waals surface area contributed by atoms with Crippen LogP contribution in [0.4, 0.5) is 0 Å². The topological polar surface area (TPSA) is 46.8 Å². The lowest BCUT2D eigenvalue weighted by Gasteiger charge is -2.23. The number of fused-ring (bicyclic) bond motifs is 2. The number of likely N-dealkylation sites (tertiary alicyclic amines) is 1. The molecule has 2 fully saturated rings. The average molecular weight is 512 g/mol. The largest absolute Gasteiger partial charge is 0.305 e. The van der Waals surface area contributed by atoms with E-state index in [9.17, 15) is 0 Å². The van der Waals surface area contributed by atoms with Gasteiger partial charge in [-0.05, 0) is 60.9 Å². The number of thioether (sulfide) groups is 1. The molecular formula is C31H37N5S. The highest BCUT2D eigenvalue weighted by Gasteiger charge is 2.60. The zero-order valence-corrected chi connectivity index (χ0v) is 23.5. The second-order valence-corrected chi connectivity index (χ2v) is 13.1. The Balaban J connectivity index is 1.05. The van der Waals surface area contributed by atoms with Crippen LogP contribution in [0.5, 0.6) is 0 Å². The second-order valence-electron chi connectivity index (χ2n) is 12.0. The maximum atomic E-state index is 4.68. The van der Waals surface area contributed by atoms with Gasteiger partial charge < -0.3 is 9.47 Å². The van der Waals surface area contributed by atoms with E-state index in [2.05, 4.69) is 107 Å². The van der Waals surface area contributed by atoms with Crippen LogP contribution in [0.25, 0.3) is 22.3 Å². The van der Waals surface area contributed by atoms with Crippen molar-refractivity contribution in [2.24, 2.45) is 13.0 Å². The van der Waals surface area contributed by atoms with Crippen LogP contribution in [-0.4, -0.2) is 50.0 Å².